The number of carbonyl (C=O) groups is 1. The van der Waals surface area contributed by atoms with Gasteiger partial charge in [0.15, 0.2) is 0 Å². The van der Waals surface area contributed by atoms with Gasteiger partial charge in [0.2, 0.25) is 5.91 Å². The summed E-state index contributed by atoms with van der Waals surface area (Å²) in [6.45, 7) is 2.05. The molecule has 0 radical (unpaired) electrons. The van der Waals surface area contributed by atoms with Crippen molar-refractivity contribution in [2.24, 2.45) is 5.92 Å². The van der Waals surface area contributed by atoms with Crippen molar-refractivity contribution < 1.29 is 4.79 Å². The zero-order chi connectivity index (χ0) is 14.8. The zero-order valence-corrected chi connectivity index (χ0v) is 13.3. The fourth-order valence-electron chi connectivity index (χ4n) is 2.04. The maximum Gasteiger partial charge on any atom is 0.228 e. The van der Waals surface area contributed by atoms with Crippen molar-refractivity contribution in [3.05, 3.63) is 46.6 Å². The summed E-state index contributed by atoms with van der Waals surface area (Å²) < 4.78 is 1.06. The molecule has 5 heteroatoms. The zero-order valence-electron chi connectivity index (χ0n) is 11.7. The number of halogens is 1. The Morgan fingerprint density at radius 2 is 2.10 bits per heavy atom. The molecular weight excluding hydrogens is 330 g/mol. The molecular formula is C16H16BrN3O. The third-order valence-corrected chi connectivity index (χ3v) is 3.92. The van der Waals surface area contributed by atoms with Crippen molar-refractivity contribution in [3.63, 3.8) is 0 Å². The molecule has 0 saturated heterocycles. The van der Waals surface area contributed by atoms with Gasteiger partial charge in [0.05, 0.1) is 11.9 Å². The van der Waals surface area contributed by atoms with Gasteiger partial charge < -0.3 is 10.6 Å². The smallest absolute Gasteiger partial charge is 0.228 e. The fraction of sp³-hybridized carbons (Fsp3) is 0.250. The molecule has 1 aliphatic carbocycles. The summed E-state index contributed by atoms with van der Waals surface area (Å²) in [5.41, 5.74) is 3.08. The Hall–Kier alpha value is -1.88. The van der Waals surface area contributed by atoms with Crippen LogP contribution in [0.15, 0.2) is 41.0 Å². The summed E-state index contributed by atoms with van der Waals surface area (Å²) >= 11 is 3.45. The van der Waals surface area contributed by atoms with E-state index in [0.717, 1.165) is 34.3 Å². The van der Waals surface area contributed by atoms with Crippen LogP contribution in [0.2, 0.25) is 0 Å². The predicted octanol–water partition coefficient (Wildman–Crippen LogP) is 4.24. The molecule has 1 heterocycles. The van der Waals surface area contributed by atoms with Gasteiger partial charge in [0.1, 0.15) is 5.82 Å². The molecule has 108 valence electrons. The van der Waals surface area contributed by atoms with E-state index in [2.05, 4.69) is 37.6 Å². The first-order valence-electron chi connectivity index (χ1n) is 6.92. The van der Waals surface area contributed by atoms with Crippen molar-refractivity contribution in [1.82, 2.24) is 4.98 Å². The molecule has 2 aromatic rings. The van der Waals surface area contributed by atoms with Crippen molar-refractivity contribution in [3.8, 4) is 0 Å². The lowest BCUT2D eigenvalue weighted by Crippen LogP contribution is -2.14. The molecule has 1 saturated carbocycles. The van der Waals surface area contributed by atoms with Crippen LogP contribution in [0.5, 0.6) is 0 Å². The molecule has 0 aliphatic heterocycles. The molecule has 0 spiro atoms. The first kappa shape index (κ1) is 14.1. The van der Waals surface area contributed by atoms with E-state index in [1.165, 1.54) is 0 Å². The van der Waals surface area contributed by atoms with Crippen LogP contribution in [0.3, 0.4) is 0 Å². The Morgan fingerprint density at radius 3 is 2.71 bits per heavy atom. The molecule has 2 N–H and O–H groups in total. The van der Waals surface area contributed by atoms with Gasteiger partial charge in [-0.1, -0.05) is 15.9 Å². The van der Waals surface area contributed by atoms with Crippen LogP contribution in [0.25, 0.3) is 0 Å². The van der Waals surface area contributed by atoms with Crippen LogP contribution in [0.4, 0.5) is 17.2 Å². The van der Waals surface area contributed by atoms with Crippen LogP contribution in [-0.4, -0.2) is 10.9 Å². The van der Waals surface area contributed by atoms with Gasteiger partial charge in [-0.15, -0.1) is 0 Å². The molecule has 21 heavy (non-hydrogen) atoms. The van der Waals surface area contributed by atoms with E-state index < -0.39 is 0 Å². The largest absolute Gasteiger partial charge is 0.354 e. The minimum atomic E-state index is 0.0759. The van der Waals surface area contributed by atoms with E-state index in [1.54, 1.807) is 6.20 Å². The number of carbonyl (C=O) groups excluding carboxylic acids is 1. The highest BCUT2D eigenvalue weighted by Crippen LogP contribution is 2.30. The average molecular weight is 346 g/mol. The molecule has 3 rings (SSSR count). The number of hydrogen-bond acceptors (Lipinski definition) is 3. The van der Waals surface area contributed by atoms with Crippen molar-refractivity contribution in [2.75, 3.05) is 10.6 Å². The molecule has 1 amide bonds. The number of nitrogens with zero attached hydrogens (tertiary/aromatic N) is 1. The van der Waals surface area contributed by atoms with Crippen LogP contribution >= 0.6 is 15.9 Å². The van der Waals surface area contributed by atoms with Crippen LogP contribution in [0, 0.1) is 12.8 Å². The molecule has 0 bridgehead atoms. The van der Waals surface area contributed by atoms with Crippen LogP contribution < -0.4 is 10.6 Å². The Labute approximate surface area is 132 Å². The Bertz CT molecular complexity index is 666. The van der Waals surface area contributed by atoms with E-state index in [1.807, 2.05) is 31.2 Å². The Kier molecular flexibility index (Phi) is 3.92. The summed E-state index contributed by atoms with van der Waals surface area (Å²) in [5, 5.41) is 6.15. The Morgan fingerprint density at radius 1 is 1.29 bits per heavy atom. The van der Waals surface area contributed by atoms with E-state index >= 15 is 0 Å². The lowest BCUT2D eigenvalue weighted by atomic mass is 10.2. The number of pyridine rings is 1. The van der Waals surface area contributed by atoms with Crippen molar-refractivity contribution >= 4 is 39.0 Å². The lowest BCUT2D eigenvalue weighted by molar-refractivity contribution is -0.117. The average Bonchev–Trinajstić information content (AvgIpc) is 3.28. The lowest BCUT2D eigenvalue weighted by Gasteiger charge is -2.10. The molecule has 0 unspecified atom stereocenters. The van der Waals surface area contributed by atoms with Gasteiger partial charge in [0.25, 0.3) is 0 Å². The monoisotopic (exact) mass is 345 g/mol. The van der Waals surface area contributed by atoms with Crippen molar-refractivity contribution in [2.45, 2.75) is 19.8 Å². The van der Waals surface area contributed by atoms with E-state index in [-0.39, 0.29) is 11.8 Å². The molecule has 1 fully saturated rings. The summed E-state index contributed by atoms with van der Waals surface area (Å²) in [6, 6.07) is 9.79. The number of anilines is 3. The minimum Gasteiger partial charge on any atom is -0.354 e. The van der Waals surface area contributed by atoms with Gasteiger partial charge in [-0.2, -0.15) is 0 Å². The number of hydrogen-bond donors (Lipinski definition) is 2. The molecule has 1 aliphatic rings. The van der Waals surface area contributed by atoms with Crippen molar-refractivity contribution in [1.29, 1.82) is 0 Å². The number of benzene rings is 1. The van der Waals surface area contributed by atoms with E-state index in [4.69, 9.17) is 0 Å². The quantitative estimate of drug-likeness (QED) is 0.870. The fourth-order valence-corrected chi connectivity index (χ4v) is 2.51. The topological polar surface area (TPSA) is 54.0 Å². The molecule has 1 aromatic carbocycles. The molecule has 1 aromatic heterocycles. The maximum absolute atomic E-state index is 11.7. The number of rotatable bonds is 4. The third-order valence-electron chi connectivity index (χ3n) is 3.43. The highest BCUT2D eigenvalue weighted by atomic mass is 79.9. The van der Waals surface area contributed by atoms with Crippen LogP contribution in [-0.2, 0) is 4.79 Å². The van der Waals surface area contributed by atoms with Crippen LogP contribution in [0.1, 0.15) is 18.4 Å². The summed E-state index contributed by atoms with van der Waals surface area (Å²) in [4.78, 5) is 15.9. The summed E-state index contributed by atoms with van der Waals surface area (Å²) in [5.74, 6) is 0.868. The molecule has 0 atom stereocenters. The second-order valence-electron chi connectivity index (χ2n) is 5.28. The normalized spacial score (nSPS) is 13.8. The highest BCUT2D eigenvalue weighted by Gasteiger charge is 2.29. The first-order chi connectivity index (χ1) is 10.1. The number of aryl methyl sites for hydroxylation is 1. The van der Waals surface area contributed by atoms with Gasteiger partial charge in [-0.05, 0) is 55.7 Å². The Balaban J connectivity index is 1.67. The summed E-state index contributed by atoms with van der Waals surface area (Å²) in [6.07, 6.45) is 3.71. The SMILES string of the molecule is Cc1cc(Br)ccc1Nc1ccc(NC(=O)C2CC2)nc1. The highest BCUT2D eigenvalue weighted by molar-refractivity contribution is 9.10. The van der Waals surface area contributed by atoms with Gasteiger partial charge in [-0.25, -0.2) is 4.98 Å². The third kappa shape index (κ3) is 3.61. The standard InChI is InChI=1S/C16H16BrN3O/c1-10-8-12(17)4-6-14(10)19-13-5-7-15(18-9-13)20-16(21)11-2-3-11/h4-9,11,19H,2-3H2,1H3,(H,18,20,21). The summed E-state index contributed by atoms with van der Waals surface area (Å²) in [7, 11) is 0. The maximum atomic E-state index is 11.7. The number of aromatic nitrogens is 1. The van der Waals surface area contributed by atoms with E-state index in [0.29, 0.717) is 5.82 Å². The van der Waals surface area contributed by atoms with E-state index in [9.17, 15) is 4.79 Å². The number of nitrogens with one attached hydrogen (secondary N) is 2. The second-order valence-corrected chi connectivity index (χ2v) is 6.20. The van der Waals surface area contributed by atoms with Gasteiger partial charge in [-0.3, -0.25) is 4.79 Å². The predicted molar refractivity (Wildman–Crippen MR) is 87.8 cm³/mol. The second kappa shape index (κ2) is 5.85. The number of amides is 1. The first-order valence-corrected chi connectivity index (χ1v) is 7.71. The van der Waals surface area contributed by atoms with Gasteiger partial charge in [0, 0.05) is 16.1 Å². The molecule has 4 nitrogen and oxygen atoms in total. The minimum absolute atomic E-state index is 0.0759. The van der Waals surface area contributed by atoms with Gasteiger partial charge >= 0.3 is 0 Å².